The second-order valence-electron chi connectivity index (χ2n) is 8.35. The highest BCUT2D eigenvalue weighted by Crippen LogP contribution is 2.23. The van der Waals surface area contributed by atoms with E-state index in [4.69, 9.17) is 27.9 Å². The molecular weight excluding hydrogens is 521 g/mol. The fraction of sp³-hybridized carbons (Fsp3) is 0.556. The van der Waals surface area contributed by atoms with Gasteiger partial charge in [-0.1, -0.05) is 56.0 Å². The number of fused-ring (bicyclic) bond motifs is 1. The van der Waals surface area contributed by atoms with E-state index in [2.05, 4.69) is 44.1 Å². The van der Waals surface area contributed by atoms with Gasteiger partial charge in [-0.2, -0.15) is 25.3 Å². The van der Waals surface area contributed by atoms with Gasteiger partial charge in [0.05, 0.1) is 22.8 Å². The third-order valence-corrected chi connectivity index (χ3v) is 6.84. The number of thiol groups is 2. The molecule has 0 radical (unpaired) electrons. The van der Waals surface area contributed by atoms with Crippen LogP contribution in [-0.2, 0) is 22.4 Å². The van der Waals surface area contributed by atoms with E-state index >= 15 is 0 Å². The lowest BCUT2D eigenvalue weighted by molar-refractivity contribution is -0.505. The van der Waals surface area contributed by atoms with Crippen molar-refractivity contribution in [2.24, 2.45) is 0 Å². The van der Waals surface area contributed by atoms with E-state index < -0.39 is 5.97 Å². The molecule has 4 nitrogen and oxygen atoms in total. The predicted molar refractivity (Wildman–Crippen MR) is 154 cm³/mol. The molecule has 1 aliphatic rings. The van der Waals surface area contributed by atoms with Crippen molar-refractivity contribution in [3.05, 3.63) is 49.5 Å². The van der Waals surface area contributed by atoms with E-state index in [0.717, 1.165) is 60.9 Å². The summed E-state index contributed by atoms with van der Waals surface area (Å²) in [6.07, 6.45) is 11.1. The van der Waals surface area contributed by atoms with Crippen LogP contribution in [0.3, 0.4) is 0 Å². The molecule has 0 spiro atoms. The normalized spacial score (nSPS) is 14.4. The highest BCUT2D eigenvalue weighted by molar-refractivity contribution is 7.80. The second-order valence-corrected chi connectivity index (χ2v) is 10.2. The molecule has 0 fully saturated rings. The van der Waals surface area contributed by atoms with Crippen LogP contribution in [0.25, 0.3) is 6.08 Å². The molecule has 0 saturated carbocycles. The Labute approximate surface area is 231 Å². The van der Waals surface area contributed by atoms with Gasteiger partial charge in [0.25, 0.3) is 0 Å². The highest BCUT2D eigenvalue weighted by Gasteiger charge is 2.19. The fourth-order valence-corrected chi connectivity index (χ4v) is 4.12. The summed E-state index contributed by atoms with van der Waals surface area (Å²) in [5.74, 6) is 1.07. The van der Waals surface area contributed by atoms with Gasteiger partial charge < -0.3 is 9.84 Å². The Kier molecular flexibility index (Phi) is 16.6. The number of halogens is 2. The molecule has 0 unspecified atom stereocenters. The zero-order valence-electron chi connectivity index (χ0n) is 21.1. The van der Waals surface area contributed by atoms with Crippen molar-refractivity contribution >= 4 is 60.5 Å². The zero-order chi connectivity index (χ0) is 26.2. The molecule has 2 rings (SSSR count). The van der Waals surface area contributed by atoms with Crippen LogP contribution in [0.15, 0.2) is 27.8 Å². The number of carbonyl (C=O) groups is 1. The summed E-state index contributed by atoms with van der Waals surface area (Å²) in [5.41, 5.74) is 2.15. The van der Waals surface area contributed by atoms with Crippen LogP contribution >= 0.6 is 48.5 Å². The summed E-state index contributed by atoms with van der Waals surface area (Å²) < 4.78 is 5.38. The largest absolute Gasteiger partial charge is 0.507 e. The number of aryl methyl sites for hydroxylation is 1. The Balaban J connectivity index is 0.00000142. The number of phenolic OH excluding ortho intramolecular Hbond substituents is 1. The quantitative estimate of drug-likeness (QED) is 0.107. The van der Waals surface area contributed by atoms with Crippen molar-refractivity contribution in [3.63, 3.8) is 0 Å². The Bertz CT molecular complexity index is 1000. The summed E-state index contributed by atoms with van der Waals surface area (Å²) in [6, 6.07) is 1.95. The zero-order valence-corrected chi connectivity index (χ0v) is 24.4. The molecule has 1 aromatic carbocycles. The topological polar surface area (TPSA) is 60.5 Å². The van der Waals surface area contributed by atoms with Gasteiger partial charge in [0, 0.05) is 22.2 Å². The minimum atomic E-state index is -0.540. The van der Waals surface area contributed by atoms with Crippen molar-refractivity contribution in [1.29, 1.82) is 0 Å². The number of nitrogens with one attached hydrogen (secondary N) is 1. The highest BCUT2D eigenvalue weighted by atomic mass is 35.5. The number of ether oxygens (including phenoxy) is 1. The van der Waals surface area contributed by atoms with E-state index in [1.54, 1.807) is 19.1 Å². The molecule has 8 heteroatoms. The second kappa shape index (κ2) is 18.2. The summed E-state index contributed by atoms with van der Waals surface area (Å²) in [5, 5.41) is 12.9. The number of esters is 1. The van der Waals surface area contributed by atoms with E-state index in [0.29, 0.717) is 29.0 Å². The van der Waals surface area contributed by atoms with Crippen molar-refractivity contribution in [1.82, 2.24) is 0 Å². The van der Waals surface area contributed by atoms with Crippen LogP contribution in [-0.4, -0.2) is 35.7 Å². The average molecular weight is 562 g/mol. The first-order valence-corrected chi connectivity index (χ1v) is 14.4. The van der Waals surface area contributed by atoms with Crippen LogP contribution in [0.5, 0.6) is 5.75 Å². The molecule has 0 bridgehead atoms. The van der Waals surface area contributed by atoms with Gasteiger partial charge in [0.1, 0.15) is 12.3 Å². The molecule has 0 aromatic heterocycles. The monoisotopic (exact) mass is 560 g/mol. The number of rotatable bonds is 11. The standard InChI is InChI=1S/C23H29Cl2NO3S2.C4H10/c1-15(24)20(25)18(23(28)29-11-3-2-4-12-30)8-7-17-14-16-6-5-10-26-21(16)19(9-13-31)22(17)27;1-3-4-2/h7-8,14,27,30-31H,2-6,9-13H2,1H3;3-4H2,1-2H3/p+1/b17-7+,18-8-,20-15-;. The number of benzene rings is 1. The van der Waals surface area contributed by atoms with E-state index in [1.165, 1.54) is 12.8 Å². The summed E-state index contributed by atoms with van der Waals surface area (Å²) in [7, 11) is 0. The number of allylic oxidation sites excluding steroid dienone is 2. The summed E-state index contributed by atoms with van der Waals surface area (Å²) >= 11 is 20.9. The Morgan fingerprint density at radius 1 is 1.17 bits per heavy atom. The molecule has 35 heavy (non-hydrogen) atoms. The van der Waals surface area contributed by atoms with Gasteiger partial charge in [-0.05, 0) is 62.7 Å². The Morgan fingerprint density at radius 2 is 1.89 bits per heavy atom. The number of phenols is 1. The molecule has 0 saturated heterocycles. The first kappa shape index (κ1) is 31.9. The van der Waals surface area contributed by atoms with Crippen molar-refractivity contribution in [3.8, 4) is 5.75 Å². The van der Waals surface area contributed by atoms with Crippen molar-refractivity contribution in [2.75, 3.05) is 24.7 Å². The van der Waals surface area contributed by atoms with Crippen molar-refractivity contribution in [2.45, 2.75) is 72.1 Å². The minimum absolute atomic E-state index is 0.132. The maximum absolute atomic E-state index is 12.6. The van der Waals surface area contributed by atoms with Crippen LogP contribution < -0.4 is 15.6 Å². The van der Waals surface area contributed by atoms with Crippen LogP contribution in [0, 0.1) is 0 Å². The molecule has 1 heterocycles. The number of hydrogen-bond acceptors (Lipinski definition) is 5. The molecule has 1 aliphatic heterocycles. The molecule has 0 aliphatic carbocycles. The van der Waals surface area contributed by atoms with Gasteiger partial charge in [0.2, 0.25) is 5.36 Å². The molecule has 196 valence electrons. The molecular formula is C27H40Cl2NO3S2+. The van der Waals surface area contributed by atoms with E-state index in [1.807, 2.05) is 6.07 Å². The fourth-order valence-electron chi connectivity index (χ4n) is 3.43. The molecule has 2 N–H and O–H groups in total. The van der Waals surface area contributed by atoms with Gasteiger partial charge in [-0.3, -0.25) is 0 Å². The van der Waals surface area contributed by atoms with E-state index in [-0.39, 0.29) is 16.4 Å². The van der Waals surface area contributed by atoms with Gasteiger partial charge in [0.15, 0.2) is 0 Å². The molecule has 0 atom stereocenters. The molecule has 1 aromatic rings. The maximum Gasteiger partial charge on any atom is 0.339 e. The number of hydrogen-bond donors (Lipinski definition) is 4. The third-order valence-electron chi connectivity index (χ3n) is 5.52. The first-order valence-electron chi connectivity index (χ1n) is 12.4. The Morgan fingerprint density at radius 3 is 2.49 bits per heavy atom. The van der Waals surface area contributed by atoms with Crippen LogP contribution in [0.2, 0.25) is 0 Å². The lowest BCUT2D eigenvalue weighted by atomic mass is 9.98. The summed E-state index contributed by atoms with van der Waals surface area (Å²) in [6.45, 7) is 7.16. The molecule has 0 amide bonds. The SMILES string of the molecule is CCCC.C\C(Cl)=C(Cl)/C(=C/C=c1\cc2c(c(CCS)c1O)=[NH+]CCC2)C(=O)OCCCCCS. The predicted octanol–water partition coefficient (Wildman–Crippen LogP) is 4.38. The van der Waals surface area contributed by atoms with Crippen molar-refractivity contribution < 1.29 is 19.6 Å². The number of aromatic hydroxyl groups is 1. The van der Waals surface area contributed by atoms with E-state index in [9.17, 15) is 9.90 Å². The smallest absolute Gasteiger partial charge is 0.339 e. The summed E-state index contributed by atoms with van der Waals surface area (Å²) in [4.78, 5) is 16.0. The van der Waals surface area contributed by atoms with Gasteiger partial charge in [-0.25, -0.2) is 9.79 Å². The maximum atomic E-state index is 12.6. The number of carbonyl (C=O) groups excluding carboxylic acids is 1. The number of unbranched alkanes of at least 4 members (excludes halogenated alkanes) is 3. The van der Waals surface area contributed by atoms with Crippen LogP contribution in [0.1, 0.15) is 70.4 Å². The first-order chi connectivity index (χ1) is 16.8. The van der Waals surface area contributed by atoms with Gasteiger partial charge >= 0.3 is 5.97 Å². The lowest BCUT2D eigenvalue weighted by Gasteiger charge is -2.10. The lowest BCUT2D eigenvalue weighted by Crippen LogP contribution is -2.79. The average Bonchev–Trinajstić information content (AvgIpc) is 2.86. The van der Waals surface area contributed by atoms with Gasteiger partial charge in [-0.15, -0.1) is 0 Å². The van der Waals surface area contributed by atoms with Crippen LogP contribution in [0.4, 0.5) is 0 Å². The Hall–Kier alpha value is -1.08. The third kappa shape index (κ3) is 10.8. The minimum Gasteiger partial charge on any atom is -0.507 e.